The van der Waals surface area contributed by atoms with Crippen LogP contribution in [0, 0.1) is 15.5 Å². The fraction of sp³-hybridized carbons (Fsp3) is 0.438. The van der Waals surface area contributed by atoms with E-state index in [0.717, 1.165) is 17.5 Å². The Hall–Kier alpha value is -2.17. The van der Waals surface area contributed by atoms with Crippen molar-refractivity contribution < 1.29 is 4.92 Å². The first-order valence-corrected chi connectivity index (χ1v) is 7.28. The molecule has 1 aliphatic carbocycles. The number of nitro benzene ring substituents is 1. The van der Waals surface area contributed by atoms with Gasteiger partial charge >= 0.3 is 0 Å². The SMILES string of the molecule is CC1(C)CCCC1Nc1ccc([N+](=O)[O-])c2ncccc12. The van der Waals surface area contributed by atoms with Crippen LogP contribution in [0.3, 0.4) is 0 Å². The first-order valence-electron chi connectivity index (χ1n) is 7.28. The van der Waals surface area contributed by atoms with E-state index in [4.69, 9.17) is 0 Å². The summed E-state index contributed by atoms with van der Waals surface area (Å²) in [6.07, 6.45) is 5.14. The lowest BCUT2D eigenvalue weighted by Crippen LogP contribution is -2.30. The third kappa shape index (κ3) is 2.44. The van der Waals surface area contributed by atoms with E-state index in [9.17, 15) is 10.1 Å². The van der Waals surface area contributed by atoms with E-state index in [1.807, 2.05) is 12.1 Å². The van der Waals surface area contributed by atoms with Crippen LogP contribution in [0.15, 0.2) is 30.5 Å². The smallest absolute Gasteiger partial charge is 0.295 e. The number of pyridine rings is 1. The molecule has 1 heterocycles. The number of nitrogens with zero attached hydrogens (tertiary/aromatic N) is 2. The molecule has 1 aliphatic rings. The van der Waals surface area contributed by atoms with Gasteiger partial charge in [-0.2, -0.15) is 0 Å². The molecule has 1 unspecified atom stereocenters. The van der Waals surface area contributed by atoms with Gasteiger partial charge in [-0.25, -0.2) is 4.98 Å². The Bertz CT molecular complexity index is 697. The summed E-state index contributed by atoms with van der Waals surface area (Å²) in [5.41, 5.74) is 1.69. The third-order valence-electron chi connectivity index (χ3n) is 4.53. The van der Waals surface area contributed by atoms with E-state index >= 15 is 0 Å². The molecule has 21 heavy (non-hydrogen) atoms. The van der Waals surface area contributed by atoms with E-state index in [1.54, 1.807) is 18.3 Å². The first-order chi connectivity index (χ1) is 9.99. The van der Waals surface area contributed by atoms with E-state index in [2.05, 4.69) is 24.1 Å². The van der Waals surface area contributed by atoms with Gasteiger partial charge in [0.25, 0.3) is 5.69 Å². The molecule has 2 aromatic rings. The van der Waals surface area contributed by atoms with Gasteiger partial charge in [-0.05, 0) is 36.5 Å². The van der Waals surface area contributed by atoms with Crippen LogP contribution < -0.4 is 5.32 Å². The summed E-state index contributed by atoms with van der Waals surface area (Å²) < 4.78 is 0. The predicted octanol–water partition coefficient (Wildman–Crippen LogP) is 4.13. The summed E-state index contributed by atoms with van der Waals surface area (Å²) in [4.78, 5) is 14.9. The molecular weight excluding hydrogens is 266 g/mol. The lowest BCUT2D eigenvalue weighted by molar-refractivity contribution is -0.383. The van der Waals surface area contributed by atoms with Crippen molar-refractivity contribution in [3.63, 3.8) is 0 Å². The molecule has 0 amide bonds. The number of nitrogens with one attached hydrogen (secondary N) is 1. The molecule has 1 aromatic heterocycles. The minimum atomic E-state index is -0.376. The second-order valence-electron chi connectivity index (χ2n) is 6.37. The van der Waals surface area contributed by atoms with E-state index in [-0.39, 0.29) is 16.0 Å². The number of nitro groups is 1. The van der Waals surface area contributed by atoms with Crippen LogP contribution in [0.5, 0.6) is 0 Å². The number of aromatic nitrogens is 1. The van der Waals surface area contributed by atoms with Crippen molar-refractivity contribution in [2.24, 2.45) is 5.41 Å². The van der Waals surface area contributed by atoms with Crippen LogP contribution in [0.25, 0.3) is 10.9 Å². The summed E-state index contributed by atoms with van der Waals surface area (Å²) >= 11 is 0. The molecule has 0 radical (unpaired) electrons. The standard InChI is InChI=1S/C16H19N3O2/c1-16(2)9-3-6-14(16)18-12-7-8-13(19(20)21)15-11(12)5-4-10-17-15/h4-5,7-8,10,14,18H,3,6,9H2,1-2H3. The summed E-state index contributed by atoms with van der Waals surface area (Å²) in [5.74, 6) is 0. The molecule has 0 spiro atoms. The van der Waals surface area contributed by atoms with E-state index in [1.165, 1.54) is 12.8 Å². The quantitative estimate of drug-likeness (QED) is 0.680. The molecule has 1 atom stereocenters. The highest BCUT2D eigenvalue weighted by Crippen LogP contribution is 2.40. The molecular formula is C16H19N3O2. The lowest BCUT2D eigenvalue weighted by atomic mass is 9.87. The van der Waals surface area contributed by atoms with Crippen LogP contribution in [0.2, 0.25) is 0 Å². The summed E-state index contributed by atoms with van der Waals surface area (Å²) in [5, 5.41) is 15.5. The van der Waals surface area contributed by atoms with Gasteiger partial charge in [0.15, 0.2) is 0 Å². The molecule has 0 aliphatic heterocycles. The summed E-state index contributed by atoms with van der Waals surface area (Å²) in [6, 6.07) is 7.44. The molecule has 0 bridgehead atoms. The average Bonchev–Trinajstić information content (AvgIpc) is 2.78. The number of anilines is 1. The highest BCUT2D eigenvalue weighted by Gasteiger charge is 2.34. The first kappa shape index (κ1) is 13.8. The second-order valence-corrected chi connectivity index (χ2v) is 6.37. The second kappa shape index (κ2) is 4.98. The van der Waals surface area contributed by atoms with Crippen LogP contribution in [0.4, 0.5) is 11.4 Å². The fourth-order valence-corrected chi connectivity index (χ4v) is 3.21. The topological polar surface area (TPSA) is 68.1 Å². The third-order valence-corrected chi connectivity index (χ3v) is 4.53. The van der Waals surface area contributed by atoms with Crippen molar-refractivity contribution >= 4 is 22.3 Å². The Morgan fingerprint density at radius 2 is 2.19 bits per heavy atom. The monoisotopic (exact) mass is 285 g/mol. The summed E-state index contributed by atoms with van der Waals surface area (Å²) in [7, 11) is 0. The number of benzene rings is 1. The van der Waals surface area contributed by atoms with Crippen molar-refractivity contribution in [3.8, 4) is 0 Å². The Morgan fingerprint density at radius 1 is 1.38 bits per heavy atom. The number of fused-ring (bicyclic) bond motifs is 1. The maximum absolute atomic E-state index is 11.1. The molecule has 1 aromatic carbocycles. The van der Waals surface area contributed by atoms with Crippen molar-refractivity contribution in [1.29, 1.82) is 0 Å². The van der Waals surface area contributed by atoms with Crippen LogP contribution in [-0.4, -0.2) is 15.9 Å². The zero-order valence-corrected chi connectivity index (χ0v) is 12.3. The molecule has 5 nitrogen and oxygen atoms in total. The molecule has 1 N–H and O–H groups in total. The molecule has 3 rings (SSSR count). The van der Waals surface area contributed by atoms with Gasteiger partial charge in [-0.15, -0.1) is 0 Å². The molecule has 1 saturated carbocycles. The Labute approximate surface area is 123 Å². The van der Waals surface area contributed by atoms with E-state index < -0.39 is 0 Å². The highest BCUT2D eigenvalue weighted by atomic mass is 16.6. The maximum Gasteiger partial charge on any atom is 0.295 e. The Morgan fingerprint density at radius 3 is 2.86 bits per heavy atom. The average molecular weight is 285 g/mol. The lowest BCUT2D eigenvalue weighted by Gasteiger charge is -2.29. The zero-order valence-electron chi connectivity index (χ0n) is 12.3. The van der Waals surface area contributed by atoms with Gasteiger partial charge in [0.2, 0.25) is 0 Å². The highest BCUT2D eigenvalue weighted by molar-refractivity contribution is 5.97. The molecule has 0 saturated heterocycles. The van der Waals surface area contributed by atoms with Crippen molar-refractivity contribution in [2.45, 2.75) is 39.2 Å². The number of hydrogen-bond acceptors (Lipinski definition) is 4. The Balaban J connectivity index is 2.04. The largest absolute Gasteiger partial charge is 0.381 e. The maximum atomic E-state index is 11.1. The fourth-order valence-electron chi connectivity index (χ4n) is 3.21. The number of hydrogen-bond donors (Lipinski definition) is 1. The molecule has 5 heteroatoms. The predicted molar refractivity (Wildman–Crippen MR) is 83.4 cm³/mol. The van der Waals surface area contributed by atoms with Gasteiger partial charge in [-0.1, -0.05) is 20.3 Å². The number of rotatable bonds is 3. The van der Waals surface area contributed by atoms with E-state index in [0.29, 0.717) is 11.6 Å². The normalized spacial score (nSPS) is 20.6. The summed E-state index contributed by atoms with van der Waals surface area (Å²) in [6.45, 7) is 4.53. The minimum Gasteiger partial charge on any atom is -0.381 e. The Kier molecular flexibility index (Phi) is 3.27. The van der Waals surface area contributed by atoms with Crippen molar-refractivity contribution in [1.82, 2.24) is 4.98 Å². The zero-order chi connectivity index (χ0) is 15.0. The van der Waals surface area contributed by atoms with Crippen LogP contribution in [0.1, 0.15) is 33.1 Å². The van der Waals surface area contributed by atoms with Gasteiger partial charge in [0.05, 0.1) is 4.92 Å². The minimum absolute atomic E-state index is 0.0573. The van der Waals surface area contributed by atoms with Crippen LogP contribution >= 0.6 is 0 Å². The molecule has 110 valence electrons. The van der Waals surface area contributed by atoms with Crippen molar-refractivity contribution in [3.05, 3.63) is 40.6 Å². The number of non-ortho nitro benzene ring substituents is 1. The van der Waals surface area contributed by atoms with Gasteiger partial charge < -0.3 is 5.32 Å². The molecule has 1 fully saturated rings. The van der Waals surface area contributed by atoms with Gasteiger partial charge in [-0.3, -0.25) is 10.1 Å². The van der Waals surface area contributed by atoms with Gasteiger partial charge in [0, 0.05) is 29.4 Å². The van der Waals surface area contributed by atoms with Crippen molar-refractivity contribution in [2.75, 3.05) is 5.32 Å². The van der Waals surface area contributed by atoms with Crippen LogP contribution in [-0.2, 0) is 0 Å². The van der Waals surface area contributed by atoms with Gasteiger partial charge in [0.1, 0.15) is 5.52 Å².